The molecular weight excluding hydrogens is 212 g/mol. The molecule has 1 aliphatic rings. The lowest BCUT2D eigenvalue weighted by molar-refractivity contribution is 0.190. The topological polar surface area (TPSA) is 33.1 Å². The van der Waals surface area contributed by atoms with E-state index in [1.54, 1.807) is 0 Å². The number of rotatable bonds is 4. The summed E-state index contributed by atoms with van der Waals surface area (Å²) in [5, 5.41) is 7.87. The quantitative estimate of drug-likeness (QED) is 0.852. The van der Waals surface area contributed by atoms with Crippen LogP contribution in [0.5, 0.6) is 0 Å². The third-order valence-corrected chi connectivity index (χ3v) is 3.77. The highest BCUT2D eigenvalue weighted by Gasteiger charge is 2.18. The van der Waals surface area contributed by atoms with Crippen LogP contribution in [0.15, 0.2) is 6.07 Å². The summed E-state index contributed by atoms with van der Waals surface area (Å²) in [6.07, 6.45) is 3.54. The van der Waals surface area contributed by atoms with E-state index in [0.29, 0.717) is 6.04 Å². The van der Waals surface area contributed by atoms with Crippen molar-refractivity contribution in [2.45, 2.75) is 38.8 Å². The third kappa shape index (κ3) is 3.07. The molecule has 1 saturated heterocycles. The number of nitrogens with one attached hydrogen (secondary N) is 1. The molecule has 1 aromatic heterocycles. The molecule has 0 atom stereocenters. The molecule has 1 N–H and O–H groups in total. The molecule has 2 heterocycles. The molecule has 96 valence electrons. The molecular formula is C13H24N4. The van der Waals surface area contributed by atoms with Gasteiger partial charge in [0.1, 0.15) is 0 Å². The van der Waals surface area contributed by atoms with Crippen molar-refractivity contribution in [2.75, 3.05) is 20.1 Å². The number of hydrogen-bond donors (Lipinski definition) is 1. The molecule has 0 aromatic carbocycles. The number of likely N-dealkylation sites (tertiary alicyclic amines) is 1. The Balaban J connectivity index is 1.90. The highest BCUT2D eigenvalue weighted by molar-refractivity contribution is 5.10. The molecule has 0 amide bonds. The number of aromatic nitrogens is 2. The Bertz CT molecular complexity index is 350. The van der Waals surface area contributed by atoms with Crippen LogP contribution in [-0.4, -0.2) is 40.9 Å². The first kappa shape index (κ1) is 12.6. The standard InChI is InChI=1S/C13H24N4/c1-4-11-9-13(16(3)15-11)10-17-7-5-12(14-2)6-8-17/h9,12,14H,4-8,10H2,1-3H3. The summed E-state index contributed by atoms with van der Waals surface area (Å²) in [5.41, 5.74) is 2.54. The van der Waals surface area contributed by atoms with Gasteiger partial charge in [-0.1, -0.05) is 6.92 Å². The predicted octanol–water partition coefficient (Wildman–Crippen LogP) is 1.17. The van der Waals surface area contributed by atoms with E-state index < -0.39 is 0 Å². The van der Waals surface area contributed by atoms with E-state index >= 15 is 0 Å². The summed E-state index contributed by atoms with van der Waals surface area (Å²) in [6, 6.07) is 2.95. The van der Waals surface area contributed by atoms with E-state index in [9.17, 15) is 0 Å². The highest BCUT2D eigenvalue weighted by Crippen LogP contribution is 2.14. The lowest BCUT2D eigenvalue weighted by Gasteiger charge is -2.31. The minimum absolute atomic E-state index is 0.712. The zero-order valence-electron chi connectivity index (χ0n) is 11.2. The number of nitrogens with zero attached hydrogens (tertiary/aromatic N) is 3. The van der Waals surface area contributed by atoms with Crippen LogP contribution >= 0.6 is 0 Å². The fourth-order valence-electron chi connectivity index (χ4n) is 2.50. The third-order valence-electron chi connectivity index (χ3n) is 3.77. The van der Waals surface area contributed by atoms with Crippen LogP contribution in [0.1, 0.15) is 31.2 Å². The van der Waals surface area contributed by atoms with Gasteiger partial charge in [-0.2, -0.15) is 5.10 Å². The Morgan fingerprint density at radius 2 is 2.12 bits per heavy atom. The molecule has 1 aliphatic heterocycles. The summed E-state index contributed by atoms with van der Waals surface area (Å²) in [7, 11) is 4.11. The lowest BCUT2D eigenvalue weighted by atomic mass is 10.1. The van der Waals surface area contributed by atoms with E-state index in [4.69, 9.17) is 0 Å². The molecule has 4 heteroatoms. The Morgan fingerprint density at radius 3 is 2.65 bits per heavy atom. The first-order chi connectivity index (χ1) is 8.22. The van der Waals surface area contributed by atoms with Crippen molar-refractivity contribution < 1.29 is 0 Å². The number of hydrogen-bond acceptors (Lipinski definition) is 3. The van der Waals surface area contributed by atoms with Crippen LogP contribution in [0.4, 0.5) is 0 Å². The van der Waals surface area contributed by atoms with Gasteiger partial charge in [-0.05, 0) is 32.4 Å². The van der Waals surface area contributed by atoms with Gasteiger partial charge in [0.2, 0.25) is 0 Å². The van der Waals surface area contributed by atoms with Crippen molar-refractivity contribution in [1.82, 2.24) is 20.0 Å². The predicted molar refractivity (Wildman–Crippen MR) is 69.9 cm³/mol. The SMILES string of the molecule is CCc1cc(CN2CCC(NC)CC2)n(C)n1. The molecule has 1 fully saturated rings. The maximum Gasteiger partial charge on any atom is 0.0625 e. The van der Waals surface area contributed by atoms with Gasteiger partial charge < -0.3 is 5.32 Å². The van der Waals surface area contributed by atoms with Gasteiger partial charge >= 0.3 is 0 Å². The van der Waals surface area contributed by atoms with Crippen LogP contribution < -0.4 is 5.32 Å². The Hall–Kier alpha value is -0.870. The largest absolute Gasteiger partial charge is 0.317 e. The van der Waals surface area contributed by atoms with Gasteiger partial charge in [0.25, 0.3) is 0 Å². The zero-order valence-corrected chi connectivity index (χ0v) is 11.2. The van der Waals surface area contributed by atoms with Crippen molar-refractivity contribution in [3.63, 3.8) is 0 Å². The van der Waals surface area contributed by atoms with Gasteiger partial charge in [0.15, 0.2) is 0 Å². The Morgan fingerprint density at radius 1 is 1.41 bits per heavy atom. The van der Waals surface area contributed by atoms with E-state index in [1.807, 2.05) is 4.68 Å². The summed E-state index contributed by atoms with van der Waals surface area (Å²) in [5.74, 6) is 0. The van der Waals surface area contributed by atoms with E-state index in [2.05, 4.69) is 42.4 Å². The molecule has 0 spiro atoms. The summed E-state index contributed by atoms with van der Waals surface area (Å²) < 4.78 is 2.03. The zero-order chi connectivity index (χ0) is 12.3. The number of aryl methyl sites for hydroxylation is 2. The second-order valence-electron chi connectivity index (χ2n) is 4.94. The molecule has 0 unspecified atom stereocenters. The van der Waals surface area contributed by atoms with Crippen LogP contribution in [-0.2, 0) is 20.0 Å². The van der Waals surface area contributed by atoms with Gasteiger partial charge in [0.05, 0.1) is 11.4 Å². The summed E-state index contributed by atoms with van der Waals surface area (Å²) >= 11 is 0. The minimum Gasteiger partial charge on any atom is -0.317 e. The molecule has 0 radical (unpaired) electrons. The first-order valence-electron chi connectivity index (χ1n) is 6.64. The second kappa shape index (κ2) is 5.65. The molecule has 0 bridgehead atoms. The van der Waals surface area contributed by atoms with E-state index in [0.717, 1.165) is 13.0 Å². The highest BCUT2D eigenvalue weighted by atomic mass is 15.3. The Kier molecular flexibility index (Phi) is 4.18. The van der Waals surface area contributed by atoms with Gasteiger partial charge in [-0.3, -0.25) is 9.58 Å². The van der Waals surface area contributed by atoms with E-state index in [1.165, 1.54) is 37.3 Å². The first-order valence-corrected chi connectivity index (χ1v) is 6.64. The maximum atomic E-state index is 4.50. The van der Waals surface area contributed by atoms with Crippen LogP contribution in [0.3, 0.4) is 0 Å². The smallest absolute Gasteiger partial charge is 0.0625 e. The molecule has 1 aromatic rings. The van der Waals surface area contributed by atoms with Crippen molar-refractivity contribution in [3.05, 3.63) is 17.5 Å². The summed E-state index contributed by atoms with van der Waals surface area (Å²) in [4.78, 5) is 2.53. The van der Waals surface area contributed by atoms with Crippen molar-refractivity contribution in [1.29, 1.82) is 0 Å². The van der Waals surface area contributed by atoms with Gasteiger partial charge in [0, 0.05) is 32.7 Å². The molecule has 4 nitrogen and oxygen atoms in total. The second-order valence-corrected chi connectivity index (χ2v) is 4.94. The molecule has 2 rings (SSSR count). The molecule has 17 heavy (non-hydrogen) atoms. The van der Waals surface area contributed by atoms with Gasteiger partial charge in [-0.25, -0.2) is 0 Å². The molecule has 0 saturated carbocycles. The lowest BCUT2D eigenvalue weighted by Crippen LogP contribution is -2.40. The van der Waals surface area contributed by atoms with Gasteiger partial charge in [-0.15, -0.1) is 0 Å². The van der Waals surface area contributed by atoms with Crippen molar-refractivity contribution in [3.8, 4) is 0 Å². The summed E-state index contributed by atoms with van der Waals surface area (Å²) in [6.45, 7) is 5.58. The van der Waals surface area contributed by atoms with Crippen molar-refractivity contribution >= 4 is 0 Å². The van der Waals surface area contributed by atoms with Crippen molar-refractivity contribution in [2.24, 2.45) is 7.05 Å². The van der Waals surface area contributed by atoms with Crippen LogP contribution in [0, 0.1) is 0 Å². The number of piperidine rings is 1. The van der Waals surface area contributed by atoms with Crippen LogP contribution in [0.25, 0.3) is 0 Å². The average molecular weight is 236 g/mol. The normalized spacial score (nSPS) is 18.8. The Labute approximate surface area is 104 Å². The van der Waals surface area contributed by atoms with E-state index in [-0.39, 0.29) is 0 Å². The molecule has 0 aliphatic carbocycles. The fraction of sp³-hybridized carbons (Fsp3) is 0.769. The fourth-order valence-corrected chi connectivity index (χ4v) is 2.50. The minimum atomic E-state index is 0.712. The average Bonchev–Trinajstić information content (AvgIpc) is 2.71. The monoisotopic (exact) mass is 236 g/mol. The van der Waals surface area contributed by atoms with Crippen LogP contribution in [0.2, 0.25) is 0 Å². The maximum absolute atomic E-state index is 4.50.